The van der Waals surface area contributed by atoms with E-state index in [1.54, 1.807) is 12.7 Å². The monoisotopic (exact) mass is 359 g/mol. The van der Waals surface area contributed by atoms with E-state index in [-0.39, 0.29) is 4.08 Å². The molecule has 0 saturated carbocycles. The zero-order valence-electron chi connectivity index (χ0n) is 11.5. The topological polar surface area (TPSA) is 30.7 Å². The average molecular weight is 360 g/mol. The van der Waals surface area contributed by atoms with E-state index in [0.29, 0.717) is 10.3 Å². The molecule has 2 aromatic rings. The zero-order chi connectivity index (χ0) is 14.9. The van der Waals surface area contributed by atoms with Crippen LogP contribution in [0.4, 0.5) is 0 Å². The van der Waals surface area contributed by atoms with E-state index in [4.69, 9.17) is 23.2 Å². The van der Waals surface area contributed by atoms with Crippen molar-refractivity contribution in [2.45, 2.75) is 29.2 Å². The minimum Gasteiger partial charge on any atom is -0.250 e. The van der Waals surface area contributed by atoms with E-state index >= 15 is 0 Å². The fourth-order valence-electron chi connectivity index (χ4n) is 2.40. The molecule has 0 spiro atoms. The number of thioether (sulfide) groups is 2. The van der Waals surface area contributed by atoms with Crippen molar-refractivity contribution in [3.8, 4) is 0 Å². The second kappa shape index (κ2) is 6.41. The Morgan fingerprint density at radius 1 is 1.43 bits per heavy atom. The molecular formula is C14H15Cl2N3S2. The van der Waals surface area contributed by atoms with Crippen molar-refractivity contribution in [1.29, 1.82) is 0 Å². The summed E-state index contributed by atoms with van der Waals surface area (Å²) in [5, 5.41) is 6.28. The van der Waals surface area contributed by atoms with Gasteiger partial charge in [0, 0.05) is 21.0 Å². The molecule has 7 heteroatoms. The van der Waals surface area contributed by atoms with Crippen molar-refractivity contribution in [3.63, 3.8) is 0 Å². The van der Waals surface area contributed by atoms with Gasteiger partial charge in [-0.1, -0.05) is 36.2 Å². The van der Waals surface area contributed by atoms with Crippen molar-refractivity contribution in [3.05, 3.63) is 46.5 Å². The lowest BCUT2D eigenvalue weighted by Crippen LogP contribution is -2.23. The lowest BCUT2D eigenvalue weighted by atomic mass is 10.1. The summed E-state index contributed by atoms with van der Waals surface area (Å²) in [6.45, 7) is 2.98. The highest BCUT2D eigenvalue weighted by Gasteiger charge is 2.43. The van der Waals surface area contributed by atoms with Gasteiger partial charge >= 0.3 is 0 Å². The highest BCUT2D eigenvalue weighted by atomic mass is 35.5. The van der Waals surface area contributed by atoms with Crippen molar-refractivity contribution in [2.75, 3.05) is 5.75 Å². The number of halogens is 2. The maximum Gasteiger partial charge on any atom is 0.137 e. The Bertz CT molecular complexity index is 621. The van der Waals surface area contributed by atoms with Crippen LogP contribution in [0.2, 0.25) is 10.0 Å². The third-order valence-electron chi connectivity index (χ3n) is 3.49. The Kier molecular flexibility index (Phi) is 4.74. The van der Waals surface area contributed by atoms with Crippen LogP contribution in [0.5, 0.6) is 0 Å². The van der Waals surface area contributed by atoms with Gasteiger partial charge in [-0.05, 0) is 24.1 Å². The maximum absolute atomic E-state index is 6.47. The molecule has 1 fully saturated rings. The molecule has 0 unspecified atom stereocenters. The first-order valence-corrected chi connectivity index (χ1v) is 9.35. The molecule has 2 heterocycles. The van der Waals surface area contributed by atoms with Gasteiger partial charge in [0.1, 0.15) is 16.7 Å². The molecule has 0 bridgehead atoms. The predicted octanol–water partition coefficient (Wildman–Crippen LogP) is 4.70. The smallest absolute Gasteiger partial charge is 0.137 e. The summed E-state index contributed by atoms with van der Waals surface area (Å²) in [5.41, 5.74) is 1.12. The van der Waals surface area contributed by atoms with Crippen LogP contribution < -0.4 is 0 Å². The normalized spacial score (nSPS) is 25.4. The van der Waals surface area contributed by atoms with Gasteiger partial charge in [-0.2, -0.15) is 5.10 Å². The van der Waals surface area contributed by atoms with Gasteiger partial charge < -0.3 is 0 Å². The third-order valence-corrected chi connectivity index (χ3v) is 7.84. The van der Waals surface area contributed by atoms with E-state index in [0.717, 1.165) is 29.3 Å². The van der Waals surface area contributed by atoms with Gasteiger partial charge in [-0.15, -0.1) is 23.5 Å². The molecule has 1 aliphatic rings. The molecule has 0 N–H and O–H groups in total. The molecular weight excluding hydrogens is 345 g/mol. The summed E-state index contributed by atoms with van der Waals surface area (Å²) >= 11 is 16.4. The van der Waals surface area contributed by atoms with Crippen molar-refractivity contribution >= 4 is 46.7 Å². The Morgan fingerprint density at radius 2 is 2.29 bits per heavy atom. The lowest BCUT2D eigenvalue weighted by Gasteiger charge is -2.29. The fourth-order valence-corrected chi connectivity index (χ4v) is 6.91. The Morgan fingerprint density at radius 3 is 2.90 bits per heavy atom. The van der Waals surface area contributed by atoms with Crippen LogP contribution in [-0.2, 0) is 10.6 Å². The summed E-state index contributed by atoms with van der Waals surface area (Å²) < 4.78 is 1.75. The molecule has 112 valence electrons. The predicted molar refractivity (Wildman–Crippen MR) is 92.3 cm³/mol. The lowest BCUT2D eigenvalue weighted by molar-refractivity contribution is 0.581. The van der Waals surface area contributed by atoms with Gasteiger partial charge in [-0.25, -0.2) is 4.98 Å². The summed E-state index contributed by atoms with van der Waals surface area (Å²) in [6, 6.07) is 5.77. The largest absolute Gasteiger partial charge is 0.250 e. The van der Waals surface area contributed by atoms with Crippen molar-refractivity contribution in [2.24, 2.45) is 0 Å². The highest BCUT2D eigenvalue weighted by molar-refractivity contribution is 8.21. The number of nitrogens with zero attached hydrogens (tertiary/aromatic N) is 3. The first kappa shape index (κ1) is 15.5. The van der Waals surface area contributed by atoms with Gasteiger partial charge in [0.05, 0.1) is 6.54 Å². The van der Waals surface area contributed by atoms with Crippen LogP contribution >= 0.6 is 46.7 Å². The second-order valence-electron chi connectivity index (χ2n) is 4.93. The molecule has 3 nitrogen and oxygen atoms in total. The Balaban J connectivity index is 1.99. The quantitative estimate of drug-likeness (QED) is 0.791. The summed E-state index contributed by atoms with van der Waals surface area (Å²) in [7, 11) is 0. The number of rotatable bonds is 4. The number of benzene rings is 1. The van der Waals surface area contributed by atoms with Crippen molar-refractivity contribution in [1.82, 2.24) is 14.8 Å². The molecule has 2 atom stereocenters. The Labute approximate surface area is 142 Å². The molecule has 1 aromatic carbocycles. The van der Waals surface area contributed by atoms with Crippen LogP contribution in [0.15, 0.2) is 30.9 Å². The number of hydrogen-bond acceptors (Lipinski definition) is 4. The van der Waals surface area contributed by atoms with E-state index in [1.165, 1.54) is 0 Å². The molecule has 1 aromatic heterocycles. The molecule has 1 saturated heterocycles. The van der Waals surface area contributed by atoms with E-state index in [1.807, 2.05) is 46.4 Å². The van der Waals surface area contributed by atoms with E-state index in [2.05, 4.69) is 17.0 Å². The van der Waals surface area contributed by atoms with Gasteiger partial charge in [0.2, 0.25) is 0 Å². The van der Waals surface area contributed by atoms with Crippen molar-refractivity contribution < 1.29 is 0 Å². The third kappa shape index (κ3) is 3.21. The van der Waals surface area contributed by atoms with Gasteiger partial charge in [0.25, 0.3) is 0 Å². The maximum atomic E-state index is 6.47. The molecule has 0 amide bonds. The molecule has 21 heavy (non-hydrogen) atoms. The number of hydrogen-bond donors (Lipinski definition) is 0. The van der Waals surface area contributed by atoms with Crippen LogP contribution in [0.25, 0.3) is 0 Å². The molecule has 0 radical (unpaired) electrons. The van der Waals surface area contributed by atoms with Gasteiger partial charge in [-0.3, -0.25) is 4.68 Å². The van der Waals surface area contributed by atoms with Crippen LogP contribution in [0.3, 0.4) is 0 Å². The first-order chi connectivity index (χ1) is 10.1. The minimum absolute atomic E-state index is 0.129. The summed E-state index contributed by atoms with van der Waals surface area (Å²) in [4.78, 5) is 4.04. The van der Waals surface area contributed by atoms with E-state index in [9.17, 15) is 0 Å². The molecule has 3 rings (SSSR count). The molecule has 1 aliphatic heterocycles. The Hall–Kier alpha value is -0.360. The minimum atomic E-state index is -0.129. The fraction of sp³-hybridized carbons (Fsp3) is 0.429. The van der Waals surface area contributed by atoms with Crippen LogP contribution in [-0.4, -0.2) is 25.8 Å². The average Bonchev–Trinajstić information content (AvgIpc) is 3.09. The summed E-state index contributed by atoms with van der Waals surface area (Å²) in [5.74, 6) is 1.12. The van der Waals surface area contributed by atoms with Gasteiger partial charge in [0.15, 0.2) is 0 Å². The highest BCUT2D eigenvalue weighted by Crippen LogP contribution is 2.58. The summed E-state index contributed by atoms with van der Waals surface area (Å²) in [6.07, 6.45) is 4.48. The number of aromatic nitrogens is 3. The molecule has 0 aliphatic carbocycles. The SMILES string of the molecule is CC[C@@H]1CS[C@@](Cn2cncn2)(c2ccc(Cl)cc2Cl)S1. The van der Waals surface area contributed by atoms with Crippen LogP contribution in [0, 0.1) is 0 Å². The standard InChI is InChI=1S/C14H15Cl2N3S2/c1-2-11-6-20-14(21-11,7-19-9-17-8-18-19)12-4-3-10(15)5-13(12)16/h3-5,8-9,11H,2,6-7H2,1H3/t11-,14-/m1/s1. The second-order valence-corrected chi connectivity index (χ2v) is 8.95. The van der Waals surface area contributed by atoms with Crippen LogP contribution in [0.1, 0.15) is 18.9 Å². The first-order valence-electron chi connectivity index (χ1n) is 6.72. The zero-order valence-corrected chi connectivity index (χ0v) is 14.6. The van der Waals surface area contributed by atoms with E-state index < -0.39 is 0 Å².